The van der Waals surface area contributed by atoms with Crippen molar-refractivity contribution >= 4 is 10.1 Å². The van der Waals surface area contributed by atoms with Gasteiger partial charge in [-0.15, -0.1) is 0 Å². The molecule has 0 aromatic heterocycles. The minimum atomic E-state index is -3.62. The molecule has 0 atom stereocenters. The Kier molecular flexibility index (Phi) is 5.21. The van der Waals surface area contributed by atoms with Crippen molar-refractivity contribution in [3.8, 4) is 0 Å². The minimum absolute atomic E-state index is 0. The van der Waals surface area contributed by atoms with E-state index >= 15 is 0 Å². The van der Waals surface area contributed by atoms with Gasteiger partial charge < -0.3 is 6.15 Å². The zero-order valence-corrected chi connectivity index (χ0v) is 9.46. The highest BCUT2D eigenvalue weighted by atomic mass is 32.2. The summed E-state index contributed by atoms with van der Waals surface area (Å²) in [6.07, 6.45) is 0. The summed E-state index contributed by atoms with van der Waals surface area (Å²) in [6, 6.07) is 8.04. The Morgan fingerprint density at radius 2 is 1.87 bits per heavy atom. The standard InChI is InChI=1S/C10H12O3S.H3N/c1-9(2)8-13-14(11,12)10-6-4-3-5-7-10;/h3-7H,1,8H2,2H3;1H3. The second-order valence-corrected chi connectivity index (χ2v) is 4.60. The zero-order valence-electron chi connectivity index (χ0n) is 8.64. The van der Waals surface area contributed by atoms with E-state index in [1.54, 1.807) is 25.1 Å². The Balaban J connectivity index is 0.00000196. The first-order valence-electron chi connectivity index (χ1n) is 4.11. The predicted octanol–water partition coefficient (Wildman–Crippen LogP) is 2.13. The van der Waals surface area contributed by atoms with E-state index in [0.717, 1.165) is 0 Å². The van der Waals surface area contributed by atoms with Crippen LogP contribution in [0.1, 0.15) is 6.92 Å². The molecule has 0 saturated carbocycles. The molecule has 0 radical (unpaired) electrons. The molecule has 0 aliphatic carbocycles. The molecule has 3 N–H and O–H groups in total. The lowest BCUT2D eigenvalue weighted by Gasteiger charge is -2.04. The Labute approximate surface area is 90.3 Å². The van der Waals surface area contributed by atoms with Crippen molar-refractivity contribution < 1.29 is 12.6 Å². The lowest BCUT2D eigenvalue weighted by molar-refractivity contribution is 0.348. The van der Waals surface area contributed by atoms with Gasteiger partial charge in [-0.05, 0) is 19.1 Å². The first kappa shape index (κ1) is 13.8. The van der Waals surface area contributed by atoms with Crippen LogP contribution in [0, 0.1) is 0 Å². The van der Waals surface area contributed by atoms with Gasteiger partial charge in [0.1, 0.15) is 0 Å². The molecule has 5 heteroatoms. The fraction of sp³-hybridized carbons (Fsp3) is 0.200. The van der Waals surface area contributed by atoms with Gasteiger partial charge in [-0.3, -0.25) is 4.18 Å². The Morgan fingerprint density at radius 3 is 2.33 bits per heavy atom. The van der Waals surface area contributed by atoms with Crippen LogP contribution >= 0.6 is 0 Å². The highest BCUT2D eigenvalue weighted by Gasteiger charge is 2.13. The Morgan fingerprint density at radius 1 is 1.33 bits per heavy atom. The van der Waals surface area contributed by atoms with Crippen LogP contribution in [0.5, 0.6) is 0 Å². The van der Waals surface area contributed by atoms with Crippen molar-refractivity contribution in [2.24, 2.45) is 0 Å². The van der Waals surface area contributed by atoms with Crippen molar-refractivity contribution in [1.29, 1.82) is 0 Å². The van der Waals surface area contributed by atoms with E-state index in [-0.39, 0.29) is 17.7 Å². The van der Waals surface area contributed by atoms with E-state index in [9.17, 15) is 8.42 Å². The van der Waals surface area contributed by atoms with Gasteiger partial charge in [0.15, 0.2) is 0 Å². The molecule has 0 saturated heterocycles. The quantitative estimate of drug-likeness (QED) is 0.633. The fourth-order valence-electron chi connectivity index (χ4n) is 0.833. The smallest absolute Gasteiger partial charge is 0.297 e. The molecule has 84 valence electrons. The second-order valence-electron chi connectivity index (χ2n) is 2.99. The molecule has 0 unspecified atom stereocenters. The summed E-state index contributed by atoms with van der Waals surface area (Å²) < 4.78 is 27.7. The van der Waals surface area contributed by atoms with Crippen LogP contribution in [0.25, 0.3) is 0 Å². The molecule has 0 bridgehead atoms. The summed E-state index contributed by atoms with van der Waals surface area (Å²) in [4.78, 5) is 0.168. The lowest BCUT2D eigenvalue weighted by atomic mass is 10.4. The highest BCUT2D eigenvalue weighted by molar-refractivity contribution is 7.86. The van der Waals surface area contributed by atoms with Crippen LogP contribution in [-0.2, 0) is 14.3 Å². The molecule has 1 rings (SSSR count). The third kappa shape index (κ3) is 4.24. The van der Waals surface area contributed by atoms with E-state index in [4.69, 9.17) is 4.18 Å². The van der Waals surface area contributed by atoms with Gasteiger partial charge in [0.25, 0.3) is 10.1 Å². The highest BCUT2D eigenvalue weighted by Crippen LogP contribution is 2.11. The average molecular weight is 229 g/mol. The summed E-state index contributed by atoms with van der Waals surface area (Å²) in [5.41, 5.74) is 0.671. The summed E-state index contributed by atoms with van der Waals surface area (Å²) in [5.74, 6) is 0. The number of benzene rings is 1. The molecule has 15 heavy (non-hydrogen) atoms. The predicted molar refractivity (Wildman–Crippen MR) is 59.4 cm³/mol. The van der Waals surface area contributed by atoms with Gasteiger partial charge in [0, 0.05) is 0 Å². The van der Waals surface area contributed by atoms with Crippen molar-refractivity contribution in [2.45, 2.75) is 11.8 Å². The molecule has 0 aliphatic rings. The molecule has 1 aromatic carbocycles. The molecule has 0 fully saturated rings. The van der Waals surface area contributed by atoms with Crippen molar-refractivity contribution in [2.75, 3.05) is 6.61 Å². The SMILES string of the molecule is C=C(C)COS(=O)(=O)c1ccccc1.N. The van der Waals surface area contributed by atoms with Gasteiger partial charge in [-0.1, -0.05) is 30.4 Å². The van der Waals surface area contributed by atoms with Crippen molar-refractivity contribution in [3.63, 3.8) is 0 Å². The first-order valence-corrected chi connectivity index (χ1v) is 5.52. The van der Waals surface area contributed by atoms with Gasteiger partial charge in [0.2, 0.25) is 0 Å². The van der Waals surface area contributed by atoms with Gasteiger partial charge in [0.05, 0.1) is 11.5 Å². The van der Waals surface area contributed by atoms with Crippen LogP contribution in [-0.4, -0.2) is 15.0 Å². The molecule has 0 amide bonds. The summed E-state index contributed by atoms with van der Waals surface area (Å²) in [5, 5.41) is 0. The lowest BCUT2D eigenvalue weighted by Crippen LogP contribution is -2.07. The molecule has 0 aliphatic heterocycles. The fourth-order valence-corrected chi connectivity index (χ4v) is 1.82. The maximum absolute atomic E-state index is 11.5. The van der Waals surface area contributed by atoms with Gasteiger partial charge in [-0.2, -0.15) is 8.42 Å². The second kappa shape index (κ2) is 5.65. The topological polar surface area (TPSA) is 78.4 Å². The van der Waals surface area contributed by atoms with E-state index in [2.05, 4.69) is 6.58 Å². The number of hydrogen-bond donors (Lipinski definition) is 1. The summed E-state index contributed by atoms with van der Waals surface area (Å²) in [6.45, 7) is 5.30. The molecular formula is C10H15NO3S. The normalized spacial score (nSPS) is 10.5. The van der Waals surface area contributed by atoms with E-state index < -0.39 is 10.1 Å². The third-order valence-electron chi connectivity index (χ3n) is 1.49. The summed E-state index contributed by atoms with van der Waals surface area (Å²) >= 11 is 0. The van der Waals surface area contributed by atoms with Gasteiger partial charge >= 0.3 is 0 Å². The largest absolute Gasteiger partial charge is 0.344 e. The van der Waals surface area contributed by atoms with Crippen LogP contribution in [0.3, 0.4) is 0 Å². The van der Waals surface area contributed by atoms with Crippen molar-refractivity contribution in [1.82, 2.24) is 6.15 Å². The zero-order chi connectivity index (χ0) is 10.6. The third-order valence-corrected chi connectivity index (χ3v) is 2.77. The van der Waals surface area contributed by atoms with E-state index in [1.807, 2.05) is 0 Å². The van der Waals surface area contributed by atoms with E-state index in [0.29, 0.717) is 5.57 Å². The van der Waals surface area contributed by atoms with Crippen LogP contribution in [0.4, 0.5) is 0 Å². The molecule has 0 heterocycles. The average Bonchev–Trinajstić information content (AvgIpc) is 2.16. The maximum atomic E-state index is 11.5. The van der Waals surface area contributed by atoms with Crippen LogP contribution in [0.15, 0.2) is 47.4 Å². The maximum Gasteiger partial charge on any atom is 0.297 e. The first-order chi connectivity index (χ1) is 6.52. The molecular weight excluding hydrogens is 214 g/mol. The molecule has 4 nitrogen and oxygen atoms in total. The number of hydrogen-bond acceptors (Lipinski definition) is 4. The Hall–Kier alpha value is -1.17. The van der Waals surface area contributed by atoms with Gasteiger partial charge in [-0.25, -0.2) is 0 Å². The summed E-state index contributed by atoms with van der Waals surface area (Å²) in [7, 11) is -3.62. The number of rotatable bonds is 4. The Bertz CT molecular complexity index is 412. The van der Waals surface area contributed by atoms with Crippen LogP contribution in [0.2, 0.25) is 0 Å². The minimum Gasteiger partial charge on any atom is -0.344 e. The molecule has 1 aromatic rings. The molecule has 0 spiro atoms. The monoisotopic (exact) mass is 229 g/mol. The van der Waals surface area contributed by atoms with Crippen LogP contribution < -0.4 is 6.15 Å². The van der Waals surface area contributed by atoms with Crippen molar-refractivity contribution in [3.05, 3.63) is 42.5 Å². The van der Waals surface area contributed by atoms with E-state index in [1.165, 1.54) is 12.1 Å².